The van der Waals surface area contributed by atoms with Crippen molar-refractivity contribution in [2.45, 2.75) is 46.6 Å². The zero-order chi connectivity index (χ0) is 22.2. The van der Waals surface area contributed by atoms with Gasteiger partial charge in [-0.15, -0.1) is 0 Å². The second-order valence-corrected chi connectivity index (χ2v) is 8.72. The molecule has 2 bridgehead atoms. The monoisotopic (exact) mass is 434 g/mol. The number of hydrogen-bond acceptors (Lipinski definition) is 4. The van der Waals surface area contributed by atoms with Crippen molar-refractivity contribution in [1.29, 1.82) is 0 Å². The molecular formula is C22H27ClN2O5. The van der Waals surface area contributed by atoms with Gasteiger partial charge in [-0.05, 0) is 76.1 Å². The minimum absolute atomic E-state index is 0.0941. The molecule has 2 saturated carbocycles. The van der Waals surface area contributed by atoms with Gasteiger partial charge in [0.15, 0.2) is 6.10 Å². The standard InChI is InChI=1S/C22H27ClN2O5/c1-10(2)17-14-6-7-15(17)19(22(28)29)18(14)21(27)25-24-20(26)12(4)30-16-8-5-13(23)9-11(16)3/h5,8-9,12,14-15,18-19H,6-7H2,1-4H3,(H,24,26)(H,25,27)(H,28,29)/t12-,14-,15-,18-,19+/m1/s1. The highest BCUT2D eigenvalue weighted by Crippen LogP contribution is 2.57. The highest BCUT2D eigenvalue weighted by Gasteiger charge is 2.57. The van der Waals surface area contributed by atoms with E-state index >= 15 is 0 Å². The van der Waals surface area contributed by atoms with E-state index in [9.17, 15) is 19.5 Å². The van der Waals surface area contributed by atoms with Crippen LogP contribution < -0.4 is 15.6 Å². The molecule has 1 aromatic rings. The molecule has 7 nitrogen and oxygen atoms in total. The molecule has 0 radical (unpaired) electrons. The third kappa shape index (κ3) is 4.17. The largest absolute Gasteiger partial charge is 0.481 e. The third-order valence-corrected chi connectivity index (χ3v) is 6.36. The molecule has 162 valence electrons. The molecule has 2 amide bonds. The summed E-state index contributed by atoms with van der Waals surface area (Å²) in [5.74, 6) is -3.13. The quantitative estimate of drug-likeness (QED) is 0.487. The normalized spacial score (nSPS) is 25.6. The summed E-state index contributed by atoms with van der Waals surface area (Å²) < 4.78 is 5.65. The number of amides is 2. The van der Waals surface area contributed by atoms with Crippen LogP contribution in [0.3, 0.4) is 0 Å². The summed E-state index contributed by atoms with van der Waals surface area (Å²) in [5, 5.41) is 10.3. The number of benzene rings is 1. The van der Waals surface area contributed by atoms with E-state index in [1.54, 1.807) is 25.1 Å². The first kappa shape index (κ1) is 22.2. The predicted octanol–water partition coefficient (Wildman–Crippen LogP) is 3.26. The summed E-state index contributed by atoms with van der Waals surface area (Å²) in [6.07, 6.45) is 0.703. The number of nitrogens with one attached hydrogen (secondary N) is 2. The van der Waals surface area contributed by atoms with E-state index in [0.29, 0.717) is 10.8 Å². The van der Waals surface area contributed by atoms with Gasteiger partial charge in [-0.3, -0.25) is 25.2 Å². The summed E-state index contributed by atoms with van der Waals surface area (Å²) in [5.41, 5.74) is 7.74. The number of carboxylic acids is 1. The van der Waals surface area contributed by atoms with Gasteiger partial charge >= 0.3 is 5.97 Å². The van der Waals surface area contributed by atoms with Crippen LogP contribution in [0, 0.1) is 30.6 Å². The fourth-order valence-corrected chi connectivity index (χ4v) is 5.13. The average molecular weight is 435 g/mol. The fraction of sp³-hybridized carbons (Fsp3) is 0.500. The third-order valence-electron chi connectivity index (χ3n) is 6.13. The van der Waals surface area contributed by atoms with Crippen molar-refractivity contribution in [2.24, 2.45) is 23.7 Å². The number of carboxylic acid groups (broad SMARTS) is 1. The molecule has 0 unspecified atom stereocenters. The minimum atomic E-state index is -0.970. The van der Waals surface area contributed by atoms with Gasteiger partial charge in [-0.2, -0.15) is 0 Å². The van der Waals surface area contributed by atoms with Crippen LogP contribution in [0.5, 0.6) is 5.75 Å². The molecule has 2 aliphatic carbocycles. The van der Waals surface area contributed by atoms with Gasteiger partial charge in [0.2, 0.25) is 5.91 Å². The van der Waals surface area contributed by atoms with Crippen molar-refractivity contribution in [3.05, 3.63) is 39.9 Å². The summed E-state index contributed by atoms with van der Waals surface area (Å²) in [7, 11) is 0. The number of aryl methyl sites for hydroxylation is 1. The summed E-state index contributed by atoms with van der Waals surface area (Å²) in [4.78, 5) is 37.1. The Labute approximate surface area is 180 Å². The lowest BCUT2D eigenvalue weighted by Crippen LogP contribution is -2.51. The second-order valence-electron chi connectivity index (χ2n) is 8.28. The van der Waals surface area contributed by atoms with Crippen molar-refractivity contribution >= 4 is 29.4 Å². The highest BCUT2D eigenvalue weighted by atomic mass is 35.5. The molecule has 8 heteroatoms. The molecule has 3 N–H and O–H groups in total. The summed E-state index contributed by atoms with van der Waals surface area (Å²) >= 11 is 5.93. The lowest BCUT2D eigenvalue weighted by molar-refractivity contribution is -0.150. The van der Waals surface area contributed by atoms with Gasteiger partial charge in [0.25, 0.3) is 5.91 Å². The van der Waals surface area contributed by atoms with Crippen LogP contribution in [0.2, 0.25) is 5.02 Å². The number of hydrogen-bond donors (Lipinski definition) is 3. The van der Waals surface area contributed by atoms with Crippen LogP contribution in [-0.2, 0) is 14.4 Å². The van der Waals surface area contributed by atoms with Crippen molar-refractivity contribution < 1.29 is 24.2 Å². The van der Waals surface area contributed by atoms with E-state index in [1.165, 1.54) is 0 Å². The van der Waals surface area contributed by atoms with Crippen molar-refractivity contribution in [3.8, 4) is 5.75 Å². The number of hydrazine groups is 1. The Kier molecular flexibility index (Phi) is 6.41. The maximum atomic E-state index is 12.8. The molecule has 0 aliphatic heterocycles. The van der Waals surface area contributed by atoms with Gasteiger partial charge < -0.3 is 9.84 Å². The van der Waals surface area contributed by atoms with E-state index in [2.05, 4.69) is 10.9 Å². The molecule has 0 spiro atoms. The molecule has 1 aromatic carbocycles. The van der Waals surface area contributed by atoms with Crippen LogP contribution in [0.1, 0.15) is 39.2 Å². The maximum absolute atomic E-state index is 12.8. The molecule has 3 rings (SSSR count). The van der Waals surface area contributed by atoms with Crippen molar-refractivity contribution in [3.63, 3.8) is 0 Å². The van der Waals surface area contributed by atoms with Crippen LogP contribution in [-0.4, -0.2) is 29.0 Å². The van der Waals surface area contributed by atoms with E-state index in [1.807, 2.05) is 20.8 Å². The molecule has 0 aromatic heterocycles. The van der Waals surface area contributed by atoms with E-state index in [4.69, 9.17) is 16.3 Å². The fourth-order valence-electron chi connectivity index (χ4n) is 4.90. The SMILES string of the molecule is CC(C)=C1[C@H]2CC[C@H]1[C@@H](C(=O)NNC(=O)[C@@H](C)Oc1ccc(Cl)cc1C)[C@H]2C(=O)O. The van der Waals surface area contributed by atoms with Crippen LogP contribution in [0.4, 0.5) is 0 Å². The molecular weight excluding hydrogens is 408 g/mol. The number of aliphatic carboxylic acids is 1. The zero-order valence-electron chi connectivity index (χ0n) is 17.5. The Balaban J connectivity index is 1.64. The van der Waals surface area contributed by atoms with Crippen molar-refractivity contribution in [1.82, 2.24) is 10.9 Å². The Morgan fingerprint density at radius 3 is 2.33 bits per heavy atom. The van der Waals surface area contributed by atoms with Crippen molar-refractivity contribution in [2.75, 3.05) is 0 Å². The zero-order valence-corrected chi connectivity index (χ0v) is 18.2. The molecule has 5 atom stereocenters. The Morgan fingerprint density at radius 1 is 1.13 bits per heavy atom. The number of halogens is 1. The Morgan fingerprint density at radius 2 is 1.77 bits per heavy atom. The van der Waals surface area contributed by atoms with Crippen LogP contribution >= 0.6 is 11.6 Å². The lowest BCUT2D eigenvalue weighted by Gasteiger charge is -2.26. The lowest BCUT2D eigenvalue weighted by atomic mass is 9.79. The van der Waals surface area contributed by atoms with E-state index in [0.717, 1.165) is 29.6 Å². The molecule has 2 fully saturated rings. The molecule has 2 aliphatic rings. The smallest absolute Gasteiger partial charge is 0.307 e. The van der Waals surface area contributed by atoms with Gasteiger partial charge in [0.05, 0.1) is 11.8 Å². The average Bonchev–Trinajstić information content (AvgIpc) is 3.24. The number of fused-ring (bicyclic) bond motifs is 2. The summed E-state index contributed by atoms with van der Waals surface area (Å²) in [6, 6.07) is 5.07. The van der Waals surface area contributed by atoms with E-state index < -0.39 is 35.7 Å². The molecule has 0 heterocycles. The van der Waals surface area contributed by atoms with Crippen LogP contribution in [0.15, 0.2) is 29.3 Å². The molecule has 0 saturated heterocycles. The first-order valence-electron chi connectivity index (χ1n) is 10.0. The first-order valence-corrected chi connectivity index (χ1v) is 10.4. The van der Waals surface area contributed by atoms with Gasteiger partial charge in [-0.25, -0.2) is 0 Å². The second kappa shape index (κ2) is 8.68. The highest BCUT2D eigenvalue weighted by molar-refractivity contribution is 6.30. The number of ether oxygens (including phenoxy) is 1. The van der Waals surface area contributed by atoms with Gasteiger partial charge in [0.1, 0.15) is 5.75 Å². The minimum Gasteiger partial charge on any atom is -0.481 e. The van der Waals surface area contributed by atoms with Crippen LogP contribution in [0.25, 0.3) is 0 Å². The maximum Gasteiger partial charge on any atom is 0.307 e. The number of allylic oxidation sites excluding steroid dienone is 2. The number of carbonyl (C=O) groups is 3. The first-order chi connectivity index (χ1) is 14.1. The Hall–Kier alpha value is -2.54. The topological polar surface area (TPSA) is 105 Å². The number of rotatable bonds is 5. The summed E-state index contributed by atoms with van der Waals surface area (Å²) in [6.45, 7) is 7.29. The predicted molar refractivity (Wildman–Crippen MR) is 112 cm³/mol. The Bertz CT molecular complexity index is 909. The van der Waals surface area contributed by atoms with Gasteiger partial charge in [-0.1, -0.05) is 22.7 Å². The number of carbonyl (C=O) groups excluding carboxylic acids is 2. The van der Waals surface area contributed by atoms with E-state index in [-0.39, 0.29) is 11.8 Å². The van der Waals surface area contributed by atoms with Gasteiger partial charge in [0, 0.05) is 5.02 Å². The molecule has 30 heavy (non-hydrogen) atoms.